The van der Waals surface area contributed by atoms with Gasteiger partial charge in [0, 0.05) is 18.3 Å². The first kappa shape index (κ1) is 15.9. The summed E-state index contributed by atoms with van der Waals surface area (Å²) in [4.78, 5) is 12.1. The molecule has 1 amide bonds. The van der Waals surface area contributed by atoms with Crippen molar-refractivity contribution in [3.8, 4) is 5.69 Å². The van der Waals surface area contributed by atoms with Gasteiger partial charge in [0.25, 0.3) is 5.91 Å². The fourth-order valence-electron chi connectivity index (χ4n) is 2.50. The zero-order valence-corrected chi connectivity index (χ0v) is 13.4. The van der Waals surface area contributed by atoms with E-state index in [-0.39, 0.29) is 5.91 Å². The summed E-state index contributed by atoms with van der Waals surface area (Å²) in [6.45, 7) is 2.23. The van der Waals surface area contributed by atoms with Crippen LogP contribution in [0.2, 0.25) is 0 Å². The predicted molar refractivity (Wildman–Crippen MR) is 90.7 cm³/mol. The third-order valence-electron chi connectivity index (χ3n) is 3.66. The zero-order valence-electron chi connectivity index (χ0n) is 13.4. The summed E-state index contributed by atoms with van der Waals surface area (Å²) in [6.07, 6.45) is 4.38. The Labute approximate surface area is 139 Å². The van der Waals surface area contributed by atoms with Gasteiger partial charge in [0.15, 0.2) is 0 Å². The van der Waals surface area contributed by atoms with Gasteiger partial charge >= 0.3 is 0 Å². The van der Waals surface area contributed by atoms with Crippen LogP contribution in [0.4, 0.5) is 4.39 Å². The van der Waals surface area contributed by atoms with Gasteiger partial charge in [0.1, 0.15) is 5.82 Å². The number of benzene rings is 2. The molecule has 5 heteroatoms. The second-order valence-corrected chi connectivity index (χ2v) is 5.65. The van der Waals surface area contributed by atoms with E-state index in [2.05, 4.69) is 10.4 Å². The number of halogens is 1. The first-order chi connectivity index (χ1) is 11.6. The molecule has 0 atom stereocenters. The molecule has 1 heterocycles. The van der Waals surface area contributed by atoms with Gasteiger partial charge in [-0.15, -0.1) is 0 Å². The number of carbonyl (C=O) groups is 1. The molecule has 3 rings (SSSR count). The Bertz CT molecular complexity index is 823. The van der Waals surface area contributed by atoms with Gasteiger partial charge in [-0.2, -0.15) is 5.10 Å². The summed E-state index contributed by atoms with van der Waals surface area (Å²) in [7, 11) is 0. The van der Waals surface area contributed by atoms with Gasteiger partial charge < -0.3 is 5.32 Å². The van der Waals surface area contributed by atoms with Crippen LogP contribution < -0.4 is 5.32 Å². The van der Waals surface area contributed by atoms with Crippen molar-refractivity contribution in [1.29, 1.82) is 0 Å². The van der Waals surface area contributed by atoms with Crippen molar-refractivity contribution in [1.82, 2.24) is 15.1 Å². The van der Waals surface area contributed by atoms with Gasteiger partial charge in [-0.05, 0) is 54.8 Å². The molecular weight excluding hydrogens is 305 g/mol. The first-order valence-corrected chi connectivity index (χ1v) is 7.76. The maximum Gasteiger partial charge on any atom is 0.251 e. The second kappa shape index (κ2) is 7.08. The van der Waals surface area contributed by atoms with Crippen LogP contribution in [0.1, 0.15) is 21.5 Å². The molecular formula is C19H18FN3O. The van der Waals surface area contributed by atoms with Gasteiger partial charge in [0.2, 0.25) is 0 Å². The van der Waals surface area contributed by atoms with E-state index in [0.29, 0.717) is 18.5 Å². The third-order valence-corrected chi connectivity index (χ3v) is 3.66. The van der Waals surface area contributed by atoms with Crippen LogP contribution in [0, 0.1) is 12.7 Å². The van der Waals surface area contributed by atoms with Crippen LogP contribution in [-0.2, 0) is 6.42 Å². The van der Waals surface area contributed by atoms with Crippen LogP contribution in [-0.4, -0.2) is 22.2 Å². The fraction of sp³-hybridized carbons (Fsp3) is 0.158. The van der Waals surface area contributed by atoms with E-state index in [1.54, 1.807) is 23.9 Å². The monoisotopic (exact) mass is 323 g/mol. The molecule has 0 radical (unpaired) electrons. The van der Waals surface area contributed by atoms with E-state index < -0.39 is 5.82 Å². The van der Waals surface area contributed by atoms with Crippen LogP contribution >= 0.6 is 0 Å². The van der Waals surface area contributed by atoms with Crippen molar-refractivity contribution < 1.29 is 9.18 Å². The lowest BCUT2D eigenvalue weighted by Gasteiger charge is -2.05. The second-order valence-electron chi connectivity index (χ2n) is 5.65. The highest BCUT2D eigenvalue weighted by Gasteiger charge is 2.08. The number of para-hydroxylation sites is 1. The largest absolute Gasteiger partial charge is 0.352 e. The Morgan fingerprint density at radius 2 is 2.00 bits per heavy atom. The molecule has 3 aromatic rings. The van der Waals surface area contributed by atoms with E-state index in [1.165, 1.54) is 12.1 Å². The summed E-state index contributed by atoms with van der Waals surface area (Å²) >= 11 is 0. The number of rotatable bonds is 5. The molecule has 0 unspecified atom stereocenters. The Hall–Kier alpha value is -2.95. The number of nitrogens with one attached hydrogen (secondary N) is 1. The van der Waals surface area contributed by atoms with Crippen molar-refractivity contribution in [2.24, 2.45) is 0 Å². The van der Waals surface area contributed by atoms with Gasteiger partial charge in [0.05, 0.1) is 11.9 Å². The lowest BCUT2D eigenvalue weighted by Crippen LogP contribution is -2.25. The number of carbonyl (C=O) groups excluding carboxylic acids is 1. The summed E-state index contributed by atoms with van der Waals surface area (Å²) < 4.78 is 15.1. The van der Waals surface area contributed by atoms with E-state index in [4.69, 9.17) is 0 Å². The van der Waals surface area contributed by atoms with Crippen molar-refractivity contribution in [2.45, 2.75) is 13.3 Å². The highest BCUT2D eigenvalue weighted by Crippen LogP contribution is 2.09. The quantitative estimate of drug-likeness (QED) is 0.783. The highest BCUT2D eigenvalue weighted by molar-refractivity contribution is 5.94. The number of aryl methyl sites for hydroxylation is 1. The summed E-state index contributed by atoms with van der Waals surface area (Å²) in [5.74, 6) is -0.669. The van der Waals surface area contributed by atoms with Gasteiger partial charge in [-0.1, -0.05) is 18.2 Å². The van der Waals surface area contributed by atoms with Crippen molar-refractivity contribution in [3.05, 3.63) is 83.4 Å². The average Bonchev–Trinajstić information content (AvgIpc) is 3.03. The van der Waals surface area contributed by atoms with Crippen molar-refractivity contribution in [3.63, 3.8) is 0 Å². The predicted octanol–water partition coefficient (Wildman–Crippen LogP) is 3.29. The summed E-state index contributed by atoms with van der Waals surface area (Å²) in [5, 5.41) is 7.13. The van der Waals surface area contributed by atoms with E-state index in [9.17, 15) is 9.18 Å². The Morgan fingerprint density at radius 1 is 1.21 bits per heavy atom. The number of aromatic nitrogens is 2. The molecule has 2 aromatic carbocycles. The minimum atomic E-state index is -0.399. The van der Waals surface area contributed by atoms with Crippen LogP contribution in [0.25, 0.3) is 5.69 Å². The highest BCUT2D eigenvalue weighted by atomic mass is 19.1. The van der Waals surface area contributed by atoms with Crippen LogP contribution in [0.5, 0.6) is 0 Å². The molecule has 1 N–H and O–H groups in total. The summed E-state index contributed by atoms with van der Waals surface area (Å²) in [6, 6.07) is 14.1. The molecule has 0 saturated heterocycles. The molecule has 24 heavy (non-hydrogen) atoms. The van der Waals surface area contributed by atoms with E-state index >= 15 is 0 Å². The molecule has 0 aliphatic rings. The molecule has 1 aromatic heterocycles. The molecule has 0 aliphatic carbocycles. The fourth-order valence-corrected chi connectivity index (χ4v) is 2.50. The maximum atomic E-state index is 13.3. The lowest BCUT2D eigenvalue weighted by molar-refractivity contribution is 0.0953. The van der Waals surface area contributed by atoms with E-state index in [1.807, 2.05) is 36.5 Å². The number of nitrogens with zero attached hydrogens (tertiary/aromatic N) is 2. The molecule has 0 bridgehead atoms. The normalized spacial score (nSPS) is 10.6. The molecule has 0 fully saturated rings. The Balaban J connectivity index is 1.57. The van der Waals surface area contributed by atoms with Crippen molar-refractivity contribution in [2.75, 3.05) is 6.54 Å². The van der Waals surface area contributed by atoms with E-state index in [0.717, 1.165) is 16.8 Å². The summed E-state index contributed by atoms with van der Waals surface area (Å²) in [5.41, 5.74) is 3.08. The molecule has 0 saturated carbocycles. The van der Waals surface area contributed by atoms with Crippen LogP contribution in [0.3, 0.4) is 0 Å². The third kappa shape index (κ3) is 3.87. The molecule has 0 aliphatic heterocycles. The number of amides is 1. The lowest BCUT2D eigenvalue weighted by atomic mass is 10.1. The molecule has 4 nitrogen and oxygen atoms in total. The molecule has 0 spiro atoms. The number of hydrogen-bond donors (Lipinski definition) is 1. The van der Waals surface area contributed by atoms with Crippen molar-refractivity contribution >= 4 is 5.91 Å². The average molecular weight is 323 g/mol. The minimum absolute atomic E-state index is 0.270. The first-order valence-electron chi connectivity index (χ1n) is 7.76. The smallest absolute Gasteiger partial charge is 0.251 e. The topological polar surface area (TPSA) is 46.9 Å². The van der Waals surface area contributed by atoms with Gasteiger partial charge in [-0.25, -0.2) is 9.07 Å². The molecule has 122 valence electrons. The maximum absolute atomic E-state index is 13.3. The minimum Gasteiger partial charge on any atom is -0.352 e. The Morgan fingerprint density at radius 3 is 2.75 bits per heavy atom. The van der Waals surface area contributed by atoms with Crippen LogP contribution in [0.15, 0.2) is 60.9 Å². The van der Waals surface area contributed by atoms with Gasteiger partial charge in [-0.3, -0.25) is 4.79 Å². The Kier molecular flexibility index (Phi) is 4.70. The number of hydrogen-bond acceptors (Lipinski definition) is 2. The SMILES string of the molecule is Cc1cc(F)cc(C(=O)NCCc2cnn(-c3ccccc3)c2)c1. The standard InChI is InChI=1S/C19H18FN3O/c1-14-9-16(11-17(20)10-14)19(24)21-8-7-15-12-22-23(13-15)18-5-3-2-4-6-18/h2-6,9-13H,7-8H2,1H3,(H,21,24). The zero-order chi connectivity index (χ0) is 16.9.